The van der Waals surface area contributed by atoms with Crippen molar-refractivity contribution in [2.24, 2.45) is 0 Å². The Morgan fingerprint density at radius 1 is 1.26 bits per heavy atom. The van der Waals surface area contributed by atoms with Crippen LogP contribution in [0.4, 0.5) is 11.4 Å². The van der Waals surface area contributed by atoms with Gasteiger partial charge in [0.05, 0.1) is 6.42 Å². The molecule has 2 aromatic rings. The van der Waals surface area contributed by atoms with Crippen molar-refractivity contribution in [2.75, 3.05) is 11.1 Å². The first-order chi connectivity index (χ1) is 9.04. The Bertz CT molecular complexity index is 611. The summed E-state index contributed by atoms with van der Waals surface area (Å²) in [6.45, 7) is 2.01. The summed E-state index contributed by atoms with van der Waals surface area (Å²) in [4.78, 5) is 11.9. The Balaban J connectivity index is 2.03. The maximum atomic E-state index is 11.9. The Hall–Kier alpha value is -1.81. The molecule has 0 heterocycles. The van der Waals surface area contributed by atoms with Crippen molar-refractivity contribution in [3.8, 4) is 0 Å². The standard InChI is InChI=1S/C15H15BrN2O/c1-10-3-2-4-11(7-10)8-15(19)18-12-5-6-14(17)13(16)9-12/h2-7,9H,8,17H2,1H3,(H,18,19). The van der Waals surface area contributed by atoms with E-state index in [1.807, 2.05) is 31.2 Å². The normalized spacial score (nSPS) is 10.2. The zero-order valence-corrected chi connectivity index (χ0v) is 12.2. The molecule has 3 N–H and O–H groups in total. The summed E-state index contributed by atoms with van der Waals surface area (Å²) in [6, 6.07) is 13.3. The maximum absolute atomic E-state index is 11.9. The first-order valence-electron chi connectivity index (χ1n) is 5.95. The summed E-state index contributed by atoms with van der Waals surface area (Å²) in [6.07, 6.45) is 0.365. The predicted octanol–water partition coefficient (Wildman–Crippen LogP) is 3.52. The van der Waals surface area contributed by atoms with Crippen LogP contribution >= 0.6 is 15.9 Å². The number of carbonyl (C=O) groups is 1. The molecule has 98 valence electrons. The van der Waals surface area contributed by atoms with Crippen molar-refractivity contribution >= 4 is 33.2 Å². The van der Waals surface area contributed by atoms with Gasteiger partial charge in [-0.3, -0.25) is 4.79 Å². The van der Waals surface area contributed by atoms with E-state index in [1.165, 1.54) is 0 Å². The molecule has 0 spiro atoms. The van der Waals surface area contributed by atoms with Gasteiger partial charge in [-0.2, -0.15) is 0 Å². The number of benzene rings is 2. The number of nitrogen functional groups attached to an aromatic ring is 1. The number of nitrogens with one attached hydrogen (secondary N) is 1. The molecule has 0 aliphatic rings. The van der Waals surface area contributed by atoms with Crippen LogP contribution in [0.1, 0.15) is 11.1 Å². The fraction of sp³-hybridized carbons (Fsp3) is 0.133. The van der Waals surface area contributed by atoms with Crippen molar-refractivity contribution < 1.29 is 4.79 Å². The highest BCUT2D eigenvalue weighted by Crippen LogP contribution is 2.23. The maximum Gasteiger partial charge on any atom is 0.228 e. The van der Waals surface area contributed by atoms with E-state index in [1.54, 1.807) is 18.2 Å². The van der Waals surface area contributed by atoms with Gasteiger partial charge in [-0.1, -0.05) is 29.8 Å². The fourth-order valence-corrected chi connectivity index (χ4v) is 2.20. The summed E-state index contributed by atoms with van der Waals surface area (Å²) in [5.74, 6) is -0.0396. The second-order valence-corrected chi connectivity index (χ2v) is 5.30. The Kier molecular flexibility index (Phi) is 4.22. The predicted molar refractivity (Wildman–Crippen MR) is 82.1 cm³/mol. The van der Waals surface area contributed by atoms with E-state index >= 15 is 0 Å². The van der Waals surface area contributed by atoms with Gasteiger partial charge in [0, 0.05) is 15.8 Å². The number of carbonyl (C=O) groups excluding carboxylic acids is 1. The highest BCUT2D eigenvalue weighted by atomic mass is 79.9. The summed E-state index contributed by atoms with van der Waals surface area (Å²) < 4.78 is 0.779. The van der Waals surface area contributed by atoms with E-state index in [4.69, 9.17) is 5.73 Å². The second kappa shape index (κ2) is 5.89. The van der Waals surface area contributed by atoms with Crippen LogP contribution in [0.5, 0.6) is 0 Å². The average Bonchev–Trinajstić information content (AvgIpc) is 2.34. The average molecular weight is 319 g/mol. The molecular weight excluding hydrogens is 304 g/mol. The van der Waals surface area contributed by atoms with Crippen molar-refractivity contribution in [3.63, 3.8) is 0 Å². The molecule has 0 aromatic heterocycles. The van der Waals surface area contributed by atoms with Gasteiger partial charge in [0.25, 0.3) is 0 Å². The molecule has 0 aliphatic carbocycles. The van der Waals surface area contributed by atoms with Gasteiger partial charge in [0.15, 0.2) is 0 Å². The number of hydrogen-bond donors (Lipinski definition) is 2. The van der Waals surface area contributed by atoms with Gasteiger partial charge < -0.3 is 11.1 Å². The molecular formula is C15H15BrN2O. The quantitative estimate of drug-likeness (QED) is 0.851. The lowest BCUT2D eigenvalue weighted by atomic mass is 10.1. The zero-order valence-electron chi connectivity index (χ0n) is 10.6. The highest BCUT2D eigenvalue weighted by molar-refractivity contribution is 9.10. The summed E-state index contributed by atoms with van der Waals surface area (Å²) in [5, 5.41) is 2.85. The molecule has 19 heavy (non-hydrogen) atoms. The molecule has 0 atom stereocenters. The van der Waals surface area contributed by atoms with E-state index in [-0.39, 0.29) is 5.91 Å². The SMILES string of the molecule is Cc1cccc(CC(=O)Nc2ccc(N)c(Br)c2)c1. The van der Waals surface area contributed by atoms with Crippen LogP contribution in [0.25, 0.3) is 0 Å². The minimum absolute atomic E-state index is 0.0396. The third-order valence-electron chi connectivity index (χ3n) is 2.73. The minimum Gasteiger partial charge on any atom is -0.398 e. The van der Waals surface area contributed by atoms with E-state index in [2.05, 4.69) is 21.2 Å². The van der Waals surface area contributed by atoms with Gasteiger partial charge in [-0.25, -0.2) is 0 Å². The van der Waals surface area contributed by atoms with E-state index in [9.17, 15) is 4.79 Å². The molecule has 0 radical (unpaired) electrons. The smallest absolute Gasteiger partial charge is 0.228 e. The van der Waals surface area contributed by atoms with Gasteiger partial charge in [-0.15, -0.1) is 0 Å². The molecule has 3 nitrogen and oxygen atoms in total. The monoisotopic (exact) mass is 318 g/mol. The Morgan fingerprint density at radius 3 is 2.74 bits per heavy atom. The third-order valence-corrected chi connectivity index (χ3v) is 3.42. The van der Waals surface area contributed by atoms with Crippen LogP contribution in [-0.4, -0.2) is 5.91 Å². The Labute approximate surface area is 121 Å². The first kappa shape index (κ1) is 13.6. The van der Waals surface area contributed by atoms with Gasteiger partial charge in [0.1, 0.15) is 0 Å². The van der Waals surface area contributed by atoms with Gasteiger partial charge in [0.2, 0.25) is 5.91 Å². The third kappa shape index (κ3) is 3.83. The van der Waals surface area contributed by atoms with Crippen molar-refractivity contribution in [2.45, 2.75) is 13.3 Å². The number of amides is 1. The lowest BCUT2D eigenvalue weighted by Crippen LogP contribution is -2.14. The number of nitrogens with two attached hydrogens (primary N) is 1. The number of rotatable bonds is 3. The molecule has 0 bridgehead atoms. The summed E-state index contributed by atoms with van der Waals surface area (Å²) in [7, 11) is 0. The van der Waals surface area contributed by atoms with Crippen molar-refractivity contribution in [1.29, 1.82) is 0 Å². The van der Waals surface area contributed by atoms with E-state index in [0.717, 1.165) is 21.3 Å². The van der Waals surface area contributed by atoms with Crippen LogP contribution in [0.15, 0.2) is 46.9 Å². The molecule has 0 saturated carbocycles. The zero-order chi connectivity index (χ0) is 13.8. The topological polar surface area (TPSA) is 55.1 Å². The number of halogens is 1. The largest absolute Gasteiger partial charge is 0.398 e. The highest BCUT2D eigenvalue weighted by Gasteiger charge is 2.05. The van der Waals surface area contributed by atoms with Crippen LogP contribution in [0.2, 0.25) is 0 Å². The van der Waals surface area contributed by atoms with Crippen LogP contribution < -0.4 is 11.1 Å². The minimum atomic E-state index is -0.0396. The molecule has 2 rings (SSSR count). The molecule has 0 aliphatic heterocycles. The van der Waals surface area contributed by atoms with Gasteiger partial charge >= 0.3 is 0 Å². The first-order valence-corrected chi connectivity index (χ1v) is 6.74. The molecule has 0 saturated heterocycles. The van der Waals surface area contributed by atoms with Crippen molar-refractivity contribution in [1.82, 2.24) is 0 Å². The number of hydrogen-bond acceptors (Lipinski definition) is 2. The van der Waals surface area contributed by atoms with E-state index in [0.29, 0.717) is 12.1 Å². The lowest BCUT2D eigenvalue weighted by molar-refractivity contribution is -0.115. The Morgan fingerprint density at radius 2 is 2.05 bits per heavy atom. The van der Waals surface area contributed by atoms with Crippen LogP contribution in [0.3, 0.4) is 0 Å². The molecule has 4 heteroatoms. The van der Waals surface area contributed by atoms with Crippen molar-refractivity contribution in [3.05, 3.63) is 58.1 Å². The molecule has 0 unspecified atom stereocenters. The van der Waals surface area contributed by atoms with E-state index < -0.39 is 0 Å². The summed E-state index contributed by atoms with van der Waals surface area (Å²) in [5.41, 5.74) is 9.24. The fourth-order valence-electron chi connectivity index (χ4n) is 1.82. The lowest BCUT2D eigenvalue weighted by Gasteiger charge is -2.07. The van der Waals surface area contributed by atoms with Gasteiger partial charge in [-0.05, 0) is 46.6 Å². The number of anilines is 2. The molecule has 2 aromatic carbocycles. The second-order valence-electron chi connectivity index (χ2n) is 4.45. The summed E-state index contributed by atoms with van der Waals surface area (Å²) >= 11 is 3.34. The molecule has 1 amide bonds. The van der Waals surface area contributed by atoms with Crippen LogP contribution in [0, 0.1) is 6.92 Å². The molecule has 0 fully saturated rings. The van der Waals surface area contributed by atoms with Crippen LogP contribution in [-0.2, 0) is 11.2 Å². The number of aryl methyl sites for hydroxylation is 1.